The highest BCUT2D eigenvalue weighted by molar-refractivity contribution is 6.34. The standard InChI is InChI=1S/C16H22Cl2N2O2/c1-11(21)13-3-2-6-20(10-13)16(22)19-5-4-12-7-14(17)9-15(18)8-12/h7-9,11,13,21H,2-6,10H2,1H3,(H,19,22)/t11-,13-/m0/s1. The number of likely N-dealkylation sites (tertiary alicyclic amines) is 1. The second-order valence-corrected chi connectivity index (χ2v) is 6.72. The molecule has 0 saturated carbocycles. The van der Waals surface area contributed by atoms with Gasteiger partial charge in [-0.1, -0.05) is 23.2 Å². The van der Waals surface area contributed by atoms with E-state index < -0.39 is 0 Å². The SMILES string of the molecule is C[C@H](O)[C@H]1CCCN(C(=O)NCCc2cc(Cl)cc(Cl)c2)C1. The summed E-state index contributed by atoms with van der Waals surface area (Å²) in [6.07, 6.45) is 2.22. The Hall–Kier alpha value is -0.970. The van der Waals surface area contributed by atoms with Crippen molar-refractivity contribution in [1.82, 2.24) is 10.2 Å². The molecule has 0 spiro atoms. The van der Waals surface area contributed by atoms with E-state index in [2.05, 4.69) is 5.32 Å². The van der Waals surface area contributed by atoms with Crippen LogP contribution in [0.1, 0.15) is 25.3 Å². The molecule has 1 aromatic rings. The van der Waals surface area contributed by atoms with Crippen molar-refractivity contribution in [2.45, 2.75) is 32.3 Å². The van der Waals surface area contributed by atoms with E-state index in [4.69, 9.17) is 23.2 Å². The number of aliphatic hydroxyl groups excluding tert-OH is 1. The van der Waals surface area contributed by atoms with Gasteiger partial charge in [0.05, 0.1) is 6.10 Å². The van der Waals surface area contributed by atoms with Crippen LogP contribution >= 0.6 is 23.2 Å². The van der Waals surface area contributed by atoms with Crippen molar-refractivity contribution < 1.29 is 9.90 Å². The third kappa shape index (κ3) is 5.04. The van der Waals surface area contributed by atoms with Gasteiger partial charge < -0.3 is 15.3 Å². The summed E-state index contributed by atoms with van der Waals surface area (Å²) in [7, 11) is 0. The van der Waals surface area contributed by atoms with Crippen molar-refractivity contribution in [3.05, 3.63) is 33.8 Å². The van der Waals surface area contributed by atoms with Crippen molar-refractivity contribution in [2.75, 3.05) is 19.6 Å². The number of hydrogen-bond donors (Lipinski definition) is 2. The highest BCUT2D eigenvalue weighted by Crippen LogP contribution is 2.20. The first-order valence-electron chi connectivity index (χ1n) is 7.61. The van der Waals surface area contributed by atoms with E-state index in [1.807, 2.05) is 12.1 Å². The summed E-state index contributed by atoms with van der Waals surface area (Å²) >= 11 is 11.9. The third-order valence-corrected chi connectivity index (χ3v) is 4.48. The van der Waals surface area contributed by atoms with Crippen molar-refractivity contribution in [3.63, 3.8) is 0 Å². The minimum atomic E-state index is -0.371. The highest BCUT2D eigenvalue weighted by atomic mass is 35.5. The summed E-state index contributed by atoms with van der Waals surface area (Å²) in [5.41, 5.74) is 0.998. The van der Waals surface area contributed by atoms with E-state index >= 15 is 0 Å². The van der Waals surface area contributed by atoms with Gasteiger partial charge in [0.2, 0.25) is 0 Å². The molecule has 6 heteroatoms. The molecule has 1 saturated heterocycles. The quantitative estimate of drug-likeness (QED) is 0.879. The van der Waals surface area contributed by atoms with E-state index in [9.17, 15) is 9.90 Å². The summed E-state index contributed by atoms with van der Waals surface area (Å²) in [4.78, 5) is 14.0. The Morgan fingerprint density at radius 1 is 1.41 bits per heavy atom. The molecule has 2 atom stereocenters. The van der Waals surface area contributed by atoms with Gasteiger partial charge in [-0.2, -0.15) is 0 Å². The lowest BCUT2D eigenvalue weighted by atomic mass is 9.94. The predicted octanol–water partition coefficient (Wildman–Crippen LogP) is 3.34. The lowest BCUT2D eigenvalue weighted by molar-refractivity contribution is 0.0740. The number of rotatable bonds is 4. The highest BCUT2D eigenvalue weighted by Gasteiger charge is 2.26. The molecular formula is C16H22Cl2N2O2. The van der Waals surface area contributed by atoms with Crippen LogP contribution in [0, 0.1) is 5.92 Å². The van der Waals surface area contributed by atoms with E-state index in [0.717, 1.165) is 24.9 Å². The number of piperidine rings is 1. The molecular weight excluding hydrogens is 323 g/mol. The molecule has 1 aliphatic rings. The minimum absolute atomic E-state index is 0.0709. The maximum absolute atomic E-state index is 12.2. The van der Waals surface area contributed by atoms with Gasteiger partial charge in [0.25, 0.3) is 0 Å². The number of nitrogens with one attached hydrogen (secondary N) is 1. The largest absolute Gasteiger partial charge is 0.393 e. The summed E-state index contributed by atoms with van der Waals surface area (Å²) in [6.45, 7) is 3.69. The summed E-state index contributed by atoms with van der Waals surface area (Å²) < 4.78 is 0. The van der Waals surface area contributed by atoms with Crippen LogP contribution in [-0.4, -0.2) is 41.8 Å². The average molecular weight is 345 g/mol. The summed E-state index contributed by atoms with van der Waals surface area (Å²) in [5.74, 6) is 0.172. The van der Waals surface area contributed by atoms with E-state index in [1.54, 1.807) is 17.9 Å². The minimum Gasteiger partial charge on any atom is -0.393 e. The van der Waals surface area contributed by atoms with E-state index in [0.29, 0.717) is 29.6 Å². The smallest absolute Gasteiger partial charge is 0.317 e. The topological polar surface area (TPSA) is 52.6 Å². The molecule has 122 valence electrons. The normalized spacial score (nSPS) is 19.8. The first-order chi connectivity index (χ1) is 10.5. The van der Waals surface area contributed by atoms with Crippen molar-refractivity contribution in [2.24, 2.45) is 5.92 Å². The zero-order valence-corrected chi connectivity index (χ0v) is 14.2. The molecule has 1 aromatic carbocycles. The van der Waals surface area contributed by atoms with Gasteiger partial charge in [-0.05, 0) is 49.9 Å². The monoisotopic (exact) mass is 344 g/mol. The summed E-state index contributed by atoms with van der Waals surface area (Å²) in [6, 6.07) is 5.32. The number of amides is 2. The fourth-order valence-electron chi connectivity index (χ4n) is 2.77. The van der Waals surface area contributed by atoms with Crippen LogP contribution in [0.15, 0.2) is 18.2 Å². The molecule has 0 bridgehead atoms. The number of carbonyl (C=O) groups is 1. The lowest BCUT2D eigenvalue weighted by Gasteiger charge is -2.34. The van der Waals surface area contributed by atoms with Crippen LogP contribution in [0.3, 0.4) is 0 Å². The Bertz CT molecular complexity index is 503. The molecule has 0 unspecified atom stereocenters. The third-order valence-electron chi connectivity index (χ3n) is 4.04. The van der Waals surface area contributed by atoms with Gasteiger partial charge in [0.1, 0.15) is 0 Å². The maximum atomic E-state index is 12.2. The zero-order chi connectivity index (χ0) is 16.1. The Balaban J connectivity index is 1.80. The number of halogens is 2. The van der Waals surface area contributed by atoms with E-state index in [1.165, 1.54) is 0 Å². The molecule has 2 amide bonds. The first-order valence-corrected chi connectivity index (χ1v) is 8.37. The second-order valence-electron chi connectivity index (χ2n) is 5.85. The predicted molar refractivity (Wildman–Crippen MR) is 89.5 cm³/mol. The molecule has 0 aliphatic carbocycles. The number of carbonyl (C=O) groups excluding carboxylic acids is 1. The number of nitrogens with zero attached hydrogens (tertiary/aromatic N) is 1. The number of urea groups is 1. The van der Waals surface area contributed by atoms with Gasteiger partial charge in [-0.3, -0.25) is 0 Å². The molecule has 2 rings (SSSR count). The number of hydrogen-bond acceptors (Lipinski definition) is 2. The van der Waals surface area contributed by atoms with Crippen LogP contribution in [0.5, 0.6) is 0 Å². The van der Waals surface area contributed by atoms with Gasteiger partial charge in [-0.15, -0.1) is 0 Å². The first kappa shape index (κ1) is 17.4. The van der Waals surface area contributed by atoms with Gasteiger partial charge in [0.15, 0.2) is 0 Å². The molecule has 4 nitrogen and oxygen atoms in total. The van der Waals surface area contributed by atoms with Crippen molar-refractivity contribution in [3.8, 4) is 0 Å². The van der Waals surface area contributed by atoms with Crippen LogP contribution in [0.4, 0.5) is 4.79 Å². The second kappa shape index (κ2) is 8.04. The number of benzene rings is 1. The fourth-order valence-corrected chi connectivity index (χ4v) is 3.34. The number of aliphatic hydroxyl groups is 1. The van der Waals surface area contributed by atoms with Crippen LogP contribution in [0.2, 0.25) is 10.0 Å². The van der Waals surface area contributed by atoms with Crippen LogP contribution < -0.4 is 5.32 Å². The Labute approximate surface area is 141 Å². The van der Waals surface area contributed by atoms with Crippen molar-refractivity contribution in [1.29, 1.82) is 0 Å². The fraction of sp³-hybridized carbons (Fsp3) is 0.562. The van der Waals surface area contributed by atoms with E-state index in [-0.39, 0.29) is 18.1 Å². The van der Waals surface area contributed by atoms with Gasteiger partial charge in [0, 0.05) is 35.6 Å². The summed E-state index contributed by atoms with van der Waals surface area (Å²) in [5, 5.41) is 13.8. The average Bonchev–Trinajstić information content (AvgIpc) is 2.46. The molecule has 0 radical (unpaired) electrons. The van der Waals surface area contributed by atoms with Crippen molar-refractivity contribution >= 4 is 29.2 Å². The van der Waals surface area contributed by atoms with Crippen LogP contribution in [-0.2, 0) is 6.42 Å². The molecule has 0 aromatic heterocycles. The zero-order valence-electron chi connectivity index (χ0n) is 12.7. The molecule has 1 aliphatic heterocycles. The molecule has 22 heavy (non-hydrogen) atoms. The Morgan fingerprint density at radius 2 is 2.09 bits per heavy atom. The Morgan fingerprint density at radius 3 is 2.73 bits per heavy atom. The molecule has 2 N–H and O–H groups in total. The lowest BCUT2D eigenvalue weighted by Crippen LogP contribution is -2.47. The molecule has 1 heterocycles. The Kier molecular flexibility index (Phi) is 6.36. The molecule has 1 fully saturated rings. The van der Waals surface area contributed by atoms with Gasteiger partial charge >= 0.3 is 6.03 Å². The van der Waals surface area contributed by atoms with Crippen LogP contribution in [0.25, 0.3) is 0 Å². The maximum Gasteiger partial charge on any atom is 0.317 e. The van der Waals surface area contributed by atoms with Gasteiger partial charge in [-0.25, -0.2) is 4.79 Å².